The van der Waals surface area contributed by atoms with Gasteiger partial charge in [-0.1, -0.05) is 11.6 Å². The van der Waals surface area contributed by atoms with Gasteiger partial charge >= 0.3 is 17.5 Å². The van der Waals surface area contributed by atoms with Crippen molar-refractivity contribution in [2.45, 2.75) is 39.3 Å². The van der Waals surface area contributed by atoms with Crippen LogP contribution in [0.3, 0.4) is 0 Å². The molecule has 0 bridgehead atoms. The quantitative estimate of drug-likeness (QED) is 0.239. The van der Waals surface area contributed by atoms with Gasteiger partial charge in [-0.2, -0.15) is 9.97 Å². The largest absolute Gasteiger partial charge is 0.445 e. The Morgan fingerprint density at radius 3 is 2.06 bits per heavy atom. The molecule has 2 N–H and O–H groups in total. The highest BCUT2D eigenvalue weighted by Crippen LogP contribution is 2.22. The van der Waals surface area contributed by atoms with E-state index >= 15 is 0 Å². The molecule has 0 aromatic carbocycles. The fourth-order valence-electron chi connectivity index (χ4n) is 1.88. The summed E-state index contributed by atoms with van der Waals surface area (Å²) in [5.74, 6) is -0.0309. The van der Waals surface area contributed by atoms with E-state index in [2.05, 4.69) is 30.6 Å². The second-order valence-electron chi connectivity index (χ2n) is 7.17. The molecule has 0 spiro atoms. The second kappa shape index (κ2) is 12.2. The lowest BCUT2D eigenvalue weighted by molar-refractivity contribution is -0.385. The number of carbonyl (C=O) groups excluding carboxylic acids is 1. The normalized spacial score (nSPS) is 11.5. The maximum Gasteiger partial charge on any atom is 0.407 e. The molecule has 0 aliphatic carbocycles. The van der Waals surface area contributed by atoms with Crippen LogP contribution in [-0.2, 0) is 4.74 Å². The molecule has 1 atom stereocenters. The van der Waals surface area contributed by atoms with Crippen LogP contribution in [0.4, 0.5) is 22.0 Å². The Bertz CT molecular complexity index is 1020. The SMILES string of the molecule is CC(CNc1nc(Cl)ncc1[N+](=O)[O-])OC(=O)NC(C)(C)C.O=[N+]([O-])c1cnc(Cl)nc1Cl. The lowest BCUT2D eigenvalue weighted by Gasteiger charge is -2.22. The highest BCUT2D eigenvalue weighted by atomic mass is 35.5. The summed E-state index contributed by atoms with van der Waals surface area (Å²) < 4.78 is 5.12. The van der Waals surface area contributed by atoms with E-state index in [1.54, 1.807) is 6.92 Å². The van der Waals surface area contributed by atoms with Crippen molar-refractivity contribution >= 4 is 58.1 Å². The third-order valence-corrected chi connectivity index (χ3v) is 3.81. The minimum absolute atomic E-state index is 0.0309. The third-order valence-electron chi connectivity index (χ3n) is 3.17. The standard InChI is InChI=1S/C12H18ClN5O4.C4HCl2N3O2/c1-7(22-11(19)17-12(2,3)4)5-14-9-8(18(20)21)6-15-10(13)16-9;5-3-2(9(10)11)1-7-4(6)8-3/h6-7H,5H2,1-4H3,(H,17,19)(H,14,15,16);1H. The van der Waals surface area contributed by atoms with Crippen molar-refractivity contribution in [2.24, 2.45) is 0 Å². The van der Waals surface area contributed by atoms with Crippen LogP contribution >= 0.6 is 34.8 Å². The molecule has 2 aromatic rings. The van der Waals surface area contributed by atoms with Gasteiger partial charge in [0.1, 0.15) is 18.5 Å². The Morgan fingerprint density at radius 2 is 1.58 bits per heavy atom. The van der Waals surface area contributed by atoms with Crippen molar-refractivity contribution in [3.8, 4) is 0 Å². The average Bonchev–Trinajstić information content (AvgIpc) is 2.64. The molecule has 0 saturated carbocycles. The monoisotopic (exact) mass is 524 g/mol. The molecule has 1 unspecified atom stereocenters. The van der Waals surface area contributed by atoms with Gasteiger partial charge in [0.25, 0.3) is 0 Å². The summed E-state index contributed by atoms with van der Waals surface area (Å²) in [4.78, 5) is 45.3. The molecule has 180 valence electrons. The molecule has 0 fully saturated rings. The first kappa shape index (κ1) is 27.9. The molecule has 33 heavy (non-hydrogen) atoms. The number of halogens is 3. The Kier molecular flexibility index (Phi) is 10.3. The molecule has 14 nitrogen and oxygen atoms in total. The van der Waals surface area contributed by atoms with Gasteiger partial charge in [0.15, 0.2) is 0 Å². The molecular weight excluding hydrogens is 507 g/mol. The van der Waals surface area contributed by atoms with Gasteiger partial charge in [-0.3, -0.25) is 20.2 Å². The van der Waals surface area contributed by atoms with E-state index in [1.807, 2.05) is 20.8 Å². The van der Waals surface area contributed by atoms with Crippen LogP contribution in [0.2, 0.25) is 15.7 Å². The summed E-state index contributed by atoms with van der Waals surface area (Å²) >= 11 is 16.3. The fraction of sp³-hybridized carbons (Fsp3) is 0.438. The number of amides is 1. The lowest BCUT2D eigenvalue weighted by atomic mass is 10.1. The first-order valence-electron chi connectivity index (χ1n) is 8.91. The third kappa shape index (κ3) is 10.4. The van der Waals surface area contributed by atoms with Crippen molar-refractivity contribution < 1.29 is 19.4 Å². The Morgan fingerprint density at radius 1 is 1.06 bits per heavy atom. The number of nitro groups is 2. The van der Waals surface area contributed by atoms with E-state index in [9.17, 15) is 25.0 Å². The zero-order valence-electron chi connectivity index (χ0n) is 17.7. The average molecular weight is 526 g/mol. The van der Waals surface area contributed by atoms with Crippen molar-refractivity contribution in [3.05, 3.63) is 48.3 Å². The summed E-state index contributed by atoms with van der Waals surface area (Å²) in [6.45, 7) is 7.24. The highest BCUT2D eigenvalue weighted by molar-refractivity contribution is 6.33. The van der Waals surface area contributed by atoms with Gasteiger partial charge in [-0.15, -0.1) is 0 Å². The van der Waals surface area contributed by atoms with E-state index in [4.69, 9.17) is 39.5 Å². The number of nitrogens with one attached hydrogen (secondary N) is 2. The number of aromatic nitrogens is 4. The number of nitrogens with zero attached hydrogens (tertiary/aromatic N) is 6. The lowest BCUT2D eigenvalue weighted by Crippen LogP contribution is -2.42. The van der Waals surface area contributed by atoms with Crippen LogP contribution in [0.15, 0.2) is 12.4 Å². The molecule has 2 rings (SSSR count). The van der Waals surface area contributed by atoms with E-state index in [0.717, 1.165) is 12.4 Å². The summed E-state index contributed by atoms with van der Waals surface area (Å²) in [5.41, 5.74) is -1.07. The van der Waals surface area contributed by atoms with Crippen molar-refractivity contribution in [1.29, 1.82) is 0 Å². The van der Waals surface area contributed by atoms with E-state index in [-0.39, 0.29) is 39.5 Å². The Hall–Kier alpha value is -3.10. The van der Waals surface area contributed by atoms with Crippen LogP contribution in [0.5, 0.6) is 0 Å². The summed E-state index contributed by atoms with van der Waals surface area (Å²) in [5, 5.41) is 25.9. The van der Waals surface area contributed by atoms with Gasteiger partial charge in [-0.25, -0.2) is 14.8 Å². The zero-order chi connectivity index (χ0) is 25.3. The van der Waals surface area contributed by atoms with Crippen molar-refractivity contribution in [1.82, 2.24) is 25.3 Å². The maximum atomic E-state index is 11.6. The molecule has 0 radical (unpaired) electrons. The minimum atomic E-state index is -0.682. The van der Waals surface area contributed by atoms with Gasteiger partial charge in [0.2, 0.25) is 21.5 Å². The fourth-order valence-corrected chi connectivity index (χ4v) is 2.38. The minimum Gasteiger partial charge on any atom is -0.445 e. The molecule has 0 aliphatic heterocycles. The summed E-state index contributed by atoms with van der Waals surface area (Å²) in [6, 6.07) is 0. The predicted octanol–water partition coefficient (Wildman–Crippen LogP) is 4.05. The van der Waals surface area contributed by atoms with Crippen molar-refractivity contribution in [2.75, 3.05) is 11.9 Å². The number of carbonyl (C=O) groups is 1. The topological polar surface area (TPSA) is 188 Å². The van der Waals surface area contributed by atoms with E-state index in [0.29, 0.717) is 0 Å². The van der Waals surface area contributed by atoms with Crippen LogP contribution in [0, 0.1) is 20.2 Å². The van der Waals surface area contributed by atoms with Gasteiger partial charge in [-0.05, 0) is 50.9 Å². The first-order chi connectivity index (χ1) is 15.2. The zero-order valence-corrected chi connectivity index (χ0v) is 20.0. The second-order valence-corrected chi connectivity index (χ2v) is 8.21. The summed E-state index contributed by atoms with van der Waals surface area (Å²) in [7, 11) is 0. The van der Waals surface area contributed by atoms with E-state index in [1.165, 1.54) is 0 Å². The van der Waals surface area contributed by atoms with Crippen LogP contribution in [0.1, 0.15) is 27.7 Å². The molecule has 0 aliphatic rings. The smallest absolute Gasteiger partial charge is 0.407 e. The number of hydrogen-bond donors (Lipinski definition) is 2. The van der Waals surface area contributed by atoms with Gasteiger partial charge < -0.3 is 15.4 Å². The predicted molar refractivity (Wildman–Crippen MR) is 120 cm³/mol. The molecule has 2 aromatic heterocycles. The first-order valence-corrected chi connectivity index (χ1v) is 10.0. The van der Waals surface area contributed by atoms with Crippen molar-refractivity contribution in [3.63, 3.8) is 0 Å². The maximum absolute atomic E-state index is 11.6. The summed E-state index contributed by atoms with van der Waals surface area (Å²) in [6.07, 6.45) is 0.861. The van der Waals surface area contributed by atoms with Crippen LogP contribution < -0.4 is 10.6 Å². The Balaban J connectivity index is 0.000000412. The highest BCUT2D eigenvalue weighted by Gasteiger charge is 2.20. The Labute approximate surface area is 202 Å². The number of anilines is 1. The number of hydrogen-bond acceptors (Lipinski definition) is 11. The van der Waals surface area contributed by atoms with Gasteiger partial charge in [0.05, 0.1) is 16.4 Å². The molecule has 1 amide bonds. The molecular formula is C16H19Cl3N8O6. The van der Waals surface area contributed by atoms with Gasteiger partial charge in [0, 0.05) is 5.54 Å². The van der Waals surface area contributed by atoms with Crippen LogP contribution in [-0.4, -0.2) is 54.1 Å². The molecule has 0 saturated heterocycles. The van der Waals surface area contributed by atoms with Crippen LogP contribution in [0.25, 0.3) is 0 Å². The number of rotatable bonds is 6. The number of alkyl carbamates (subject to hydrolysis) is 1. The molecule has 17 heteroatoms. The number of ether oxygens (including phenoxy) is 1. The van der Waals surface area contributed by atoms with E-state index < -0.39 is 27.6 Å². The molecule has 2 heterocycles.